The van der Waals surface area contributed by atoms with Gasteiger partial charge in [0.05, 0.1) is 12.4 Å². The summed E-state index contributed by atoms with van der Waals surface area (Å²) in [6.45, 7) is 7.85. The normalized spacial score (nSPS) is 27.2. The predicted molar refractivity (Wildman–Crippen MR) is 86.7 cm³/mol. The van der Waals surface area contributed by atoms with Crippen LogP contribution in [-0.2, 0) is 14.8 Å². The molecule has 126 valence electrons. The third kappa shape index (κ3) is 4.91. The number of hydrogen-bond donors (Lipinski definition) is 1. The fourth-order valence-electron chi connectivity index (χ4n) is 3.44. The summed E-state index contributed by atoms with van der Waals surface area (Å²) in [7, 11) is -3.32. The number of ether oxygens (including phenoxy) is 1. The Morgan fingerprint density at radius 1 is 1.38 bits per heavy atom. The Balaban J connectivity index is 2.96. The highest BCUT2D eigenvalue weighted by Crippen LogP contribution is 2.38. The van der Waals surface area contributed by atoms with E-state index in [1.165, 1.54) is 6.42 Å². The Morgan fingerprint density at radius 2 is 2.10 bits per heavy atom. The molecule has 21 heavy (non-hydrogen) atoms. The van der Waals surface area contributed by atoms with Crippen LogP contribution in [-0.4, -0.2) is 50.3 Å². The molecule has 0 bridgehead atoms. The standard InChI is InChI=1S/C15H32N2O3S/c1-4-9-17(21(18,19)11-10-20-5-2)15(13-16)8-6-7-14(3)12-15/h14H,4-13,16H2,1-3H3. The summed E-state index contributed by atoms with van der Waals surface area (Å²) in [5, 5.41) is 0. The smallest absolute Gasteiger partial charge is 0.216 e. The average Bonchev–Trinajstić information content (AvgIpc) is 2.44. The SMILES string of the molecule is CCCN(C1(CN)CCCC(C)C1)S(=O)(=O)CCOCC. The minimum absolute atomic E-state index is 0.0526. The van der Waals surface area contributed by atoms with Crippen LogP contribution in [0.25, 0.3) is 0 Å². The molecule has 0 aromatic carbocycles. The van der Waals surface area contributed by atoms with Crippen molar-refractivity contribution in [2.75, 3.05) is 32.1 Å². The van der Waals surface area contributed by atoms with Crippen LogP contribution in [0.2, 0.25) is 0 Å². The minimum Gasteiger partial charge on any atom is -0.381 e. The summed E-state index contributed by atoms with van der Waals surface area (Å²) in [5.74, 6) is 0.584. The van der Waals surface area contributed by atoms with Crippen LogP contribution < -0.4 is 5.73 Å². The summed E-state index contributed by atoms with van der Waals surface area (Å²) in [5.41, 5.74) is 5.66. The Hall–Kier alpha value is -0.170. The van der Waals surface area contributed by atoms with Crippen LogP contribution >= 0.6 is 0 Å². The van der Waals surface area contributed by atoms with E-state index in [2.05, 4.69) is 6.92 Å². The number of hydrogen-bond acceptors (Lipinski definition) is 4. The highest BCUT2D eigenvalue weighted by Gasteiger charge is 2.44. The Morgan fingerprint density at radius 3 is 2.62 bits per heavy atom. The van der Waals surface area contributed by atoms with Gasteiger partial charge in [0.2, 0.25) is 10.0 Å². The number of nitrogens with zero attached hydrogens (tertiary/aromatic N) is 1. The summed E-state index contributed by atoms with van der Waals surface area (Å²) >= 11 is 0. The van der Waals surface area contributed by atoms with E-state index in [1.807, 2.05) is 13.8 Å². The molecule has 0 amide bonds. The van der Waals surface area contributed by atoms with Gasteiger partial charge in [-0.05, 0) is 32.1 Å². The zero-order valence-corrected chi connectivity index (χ0v) is 14.6. The molecule has 0 spiro atoms. The summed E-state index contributed by atoms with van der Waals surface area (Å²) in [6, 6.07) is 0. The molecule has 2 N–H and O–H groups in total. The van der Waals surface area contributed by atoms with Gasteiger partial charge in [0.1, 0.15) is 0 Å². The van der Waals surface area contributed by atoms with Crippen LogP contribution in [0, 0.1) is 5.92 Å². The first-order valence-electron chi connectivity index (χ1n) is 8.20. The van der Waals surface area contributed by atoms with Crippen molar-refractivity contribution in [3.05, 3.63) is 0 Å². The van der Waals surface area contributed by atoms with Crippen LogP contribution in [0.1, 0.15) is 52.9 Å². The molecule has 5 nitrogen and oxygen atoms in total. The molecule has 1 fully saturated rings. The summed E-state index contributed by atoms with van der Waals surface area (Å²) in [6.07, 6.45) is 4.78. The predicted octanol–water partition coefficient (Wildman–Crippen LogP) is 1.97. The zero-order chi connectivity index (χ0) is 15.9. The maximum Gasteiger partial charge on any atom is 0.216 e. The lowest BCUT2D eigenvalue weighted by molar-refractivity contribution is 0.106. The van der Waals surface area contributed by atoms with Gasteiger partial charge in [-0.15, -0.1) is 0 Å². The molecule has 1 saturated carbocycles. The molecular formula is C15H32N2O3S. The van der Waals surface area contributed by atoms with E-state index in [1.54, 1.807) is 4.31 Å². The van der Waals surface area contributed by atoms with Crippen molar-refractivity contribution in [3.8, 4) is 0 Å². The molecular weight excluding hydrogens is 288 g/mol. The Kier molecular flexibility index (Phi) is 7.60. The Labute approximate surface area is 130 Å². The van der Waals surface area contributed by atoms with E-state index in [0.29, 0.717) is 25.6 Å². The Bertz CT molecular complexity index is 400. The molecule has 1 rings (SSSR count). The van der Waals surface area contributed by atoms with Gasteiger partial charge in [-0.1, -0.05) is 26.7 Å². The van der Waals surface area contributed by atoms with Crippen LogP contribution in [0.4, 0.5) is 0 Å². The molecule has 1 aliphatic carbocycles. The van der Waals surface area contributed by atoms with Gasteiger partial charge < -0.3 is 10.5 Å². The fourth-order valence-corrected chi connectivity index (χ4v) is 5.28. The highest BCUT2D eigenvalue weighted by molar-refractivity contribution is 7.89. The second-order valence-corrected chi connectivity index (χ2v) is 8.23. The maximum atomic E-state index is 12.8. The lowest BCUT2D eigenvalue weighted by Crippen LogP contribution is -2.59. The second-order valence-electron chi connectivity index (χ2n) is 6.22. The number of rotatable bonds is 9. The van der Waals surface area contributed by atoms with Crippen LogP contribution in [0.5, 0.6) is 0 Å². The van der Waals surface area contributed by atoms with Crippen LogP contribution in [0.15, 0.2) is 0 Å². The molecule has 1 aliphatic rings. The quantitative estimate of drug-likeness (QED) is 0.659. The van der Waals surface area contributed by atoms with E-state index in [4.69, 9.17) is 10.5 Å². The van der Waals surface area contributed by atoms with E-state index in [-0.39, 0.29) is 12.4 Å². The van der Waals surface area contributed by atoms with Crippen molar-refractivity contribution in [3.63, 3.8) is 0 Å². The monoisotopic (exact) mass is 320 g/mol. The van der Waals surface area contributed by atoms with Gasteiger partial charge in [-0.2, -0.15) is 4.31 Å². The molecule has 0 aromatic rings. The molecule has 0 aromatic heterocycles. The van der Waals surface area contributed by atoms with E-state index >= 15 is 0 Å². The van der Waals surface area contributed by atoms with Gasteiger partial charge in [0.15, 0.2) is 0 Å². The van der Waals surface area contributed by atoms with Gasteiger partial charge in [0.25, 0.3) is 0 Å². The lowest BCUT2D eigenvalue weighted by Gasteiger charge is -2.46. The topological polar surface area (TPSA) is 72.6 Å². The third-order valence-electron chi connectivity index (χ3n) is 4.43. The third-order valence-corrected chi connectivity index (χ3v) is 6.35. The van der Waals surface area contributed by atoms with E-state index in [9.17, 15) is 8.42 Å². The molecule has 0 radical (unpaired) electrons. The van der Waals surface area contributed by atoms with Crippen molar-refractivity contribution in [2.45, 2.75) is 58.4 Å². The molecule has 6 heteroatoms. The first kappa shape index (κ1) is 18.9. The average molecular weight is 320 g/mol. The minimum atomic E-state index is -3.32. The van der Waals surface area contributed by atoms with Crippen LogP contribution in [0.3, 0.4) is 0 Å². The zero-order valence-electron chi connectivity index (χ0n) is 13.8. The fraction of sp³-hybridized carbons (Fsp3) is 1.00. The van der Waals surface area contributed by atoms with Crippen molar-refractivity contribution in [2.24, 2.45) is 11.7 Å². The van der Waals surface area contributed by atoms with Gasteiger partial charge in [-0.25, -0.2) is 8.42 Å². The molecule has 0 saturated heterocycles. The highest BCUT2D eigenvalue weighted by atomic mass is 32.2. The summed E-state index contributed by atoms with van der Waals surface area (Å²) in [4.78, 5) is 0. The van der Waals surface area contributed by atoms with Crippen molar-refractivity contribution >= 4 is 10.0 Å². The van der Waals surface area contributed by atoms with E-state index < -0.39 is 15.6 Å². The van der Waals surface area contributed by atoms with Gasteiger partial charge in [-0.3, -0.25) is 0 Å². The first-order chi connectivity index (χ1) is 9.91. The van der Waals surface area contributed by atoms with Gasteiger partial charge >= 0.3 is 0 Å². The van der Waals surface area contributed by atoms with E-state index in [0.717, 1.165) is 25.7 Å². The van der Waals surface area contributed by atoms with Gasteiger partial charge in [0, 0.05) is 25.2 Å². The van der Waals surface area contributed by atoms with Crippen molar-refractivity contribution < 1.29 is 13.2 Å². The largest absolute Gasteiger partial charge is 0.381 e. The molecule has 2 atom stereocenters. The van der Waals surface area contributed by atoms with Crippen molar-refractivity contribution in [1.82, 2.24) is 4.31 Å². The second kappa shape index (κ2) is 8.46. The van der Waals surface area contributed by atoms with Crippen molar-refractivity contribution in [1.29, 1.82) is 0 Å². The summed E-state index contributed by atoms with van der Waals surface area (Å²) < 4.78 is 32.5. The number of sulfonamides is 1. The molecule has 0 heterocycles. The number of nitrogens with two attached hydrogens (primary N) is 1. The molecule has 2 unspecified atom stereocenters. The first-order valence-corrected chi connectivity index (χ1v) is 9.81. The molecule has 0 aliphatic heterocycles. The lowest BCUT2D eigenvalue weighted by atomic mass is 9.76. The maximum absolute atomic E-state index is 12.8.